The van der Waals surface area contributed by atoms with Crippen LogP contribution in [-0.4, -0.2) is 14.7 Å². The average Bonchev–Trinajstić information content (AvgIpc) is 2.43. The highest BCUT2D eigenvalue weighted by Gasteiger charge is 2.17. The van der Waals surface area contributed by atoms with E-state index in [4.69, 9.17) is 0 Å². The van der Waals surface area contributed by atoms with Crippen LogP contribution >= 0.6 is 0 Å². The maximum absolute atomic E-state index is 13.3. The van der Waals surface area contributed by atoms with Crippen LogP contribution in [-0.2, 0) is 6.54 Å². The third-order valence-electron chi connectivity index (χ3n) is 3.48. The molecular weight excluding hydrogens is 275 g/mol. The third kappa shape index (κ3) is 3.04. The second kappa shape index (κ2) is 5.95. The van der Waals surface area contributed by atoms with Gasteiger partial charge in [0, 0.05) is 6.54 Å². The molecule has 0 saturated carbocycles. The summed E-state index contributed by atoms with van der Waals surface area (Å²) in [5.74, 6) is -0.805. The van der Waals surface area contributed by atoms with Gasteiger partial charge < -0.3 is 5.11 Å². The number of rotatable bonds is 4. The standard InChI is InChI=1S/C15H17FN2O3/c1-3-9(2)8-18-14(20)12(13(19)17-15(18)21)10-5-4-6-11(16)7-10/h4-7,9,20H,3,8H2,1-2H3,(H,17,19,21). The van der Waals surface area contributed by atoms with Crippen molar-refractivity contribution in [3.63, 3.8) is 0 Å². The molecule has 0 fully saturated rings. The van der Waals surface area contributed by atoms with E-state index < -0.39 is 22.9 Å². The van der Waals surface area contributed by atoms with Crippen molar-refractivity contribution in [2.45, 2.75) is 26.8 Å². The number of nitrogens with one attached hydrogen (secondary N) is 1. The minimum Gasteiger partial charge on any atom is -0.494 e. The van der Waals surface area contributed by atoms with Crippen LogP contribution in [0.25, 0.3) is 11.1 Å². The van der Waals surface area contributed by atoms with Crippen LogP contribution in [0.1, 0.15) is 20.3 Å². The Morgan fingerprint density at radius 2 is 2.10 bits per heavy atom. The molecule has 0 saturated heterocycles. The lowest BCUT2D eigenvalue weighted by Crippen LogP contribution is -2.32. The van der Waals surface area contributed by atoms with Crippen molar-refractivity contribution in [1.29, 1.82) is 0 Å². The maximum atomic E-state index is 13.3. The van der Waals surface area contributed by atoms with Gasteiger partial charge in [-0.3, -0.25) is 14.3 Å². The summed E-state index contributed by atoms with van der Waals surface area (Å²) in [7, 11) is 0. The van der Waals surface area contributed by atoms with Crippen LogP contribution in [0.2, 0.25) is 0 Å². The van der Waals surface area contributed by atoms with Gasteiger partial charge in [-0.1, -0.05) is 32.4 Å². The van der Waals surface area contributed by atoms with Crippen molar-refractivity contribution in [3.8, 4) is 17.0 Å². The van der Waals surface area contributed by atoms with Crippen molar-refractivity contribution in [2.24, 2.45) is 5.92 Å². The van der Waals surface area contributed by atoms with Crippen molar-refractivity contribution in [2.75, 3.05) is 0 Å². The zero-order chi connectivity index (χ0) is 15.6. The largest absolute Gasteiger partial charge is 0.494 e. The fourth-order valence-corrected chi connectivity index (χ4v) is 2.07. The molecule has 0 radical (unpaired) electrons. The van der Waals surface area contributed by atoms with E-state index in [-0.39, 0.29) is 23.6 Å². The molecule has 0 spiro atoms. The Bertz CT molecular complexity index is 764. The van der Waals surface area contributed by atoms with Gasteiger partial charge in [-0.15, -0.1) is 0 Å². The molecule has 1 aromatic heterocycles. The van der Waals surface area contributed by atoms with E-state index in [2.05, 4.69) is 4.98 Å². The molecule has 112 valence electrons. The molecule has 2 rings (SSSR count). The van der Waals surface area contributed by atoms with E-state index in [1.165, 1.54) is 18.2 Å². The summed E-state index contributed by atoms with van der Waals surface area (Å²) < 4.78 is 14.4. The van der Waals surface area contributed by atoms with Gasteiger partial charge in [0.15, 0.2) is 0 Å². The normalized spacial score (nSPS) is 12.3. The molecule has 1 heterocycles. The quantitative estimate of drug-likeness (QED) is 0.906. The summed E-state index contributed by atoms with van der Waals surface area (Å²) >= 11 is 0. The molecule has 1 unspecified atom stereocenters. The number of aromatic hydroxyl groups is 1. The predicted molar refractivity (Wildman–Crippen MR) is 77.8 cm³/mol. The number of aromatic nitrogens is 2. The van der Waals surface area contributed by atoms with Crippen LogP contribution in [0.5, 0.6) is 5.88 Å². The van der Waals surface area contributed by atoms with Gasteiger partial charge in [-0.2, -0.15) is 0 Å². The minimum atomic E-state index is -0.733. The molecule has 5 nitrogen and oxygen atoms in total. The molecule has 0 aliphatic rings. The fourth-order valence-electron chi connectivity index (χ4n) is 2.07. The lowest BCUT2D eigenvalue weighted by molar-refractivity contribution is 0.366. The zero-order valence-corrected chi connectivity index (χ0v) is 11.9. The van der Waals surface area contributed by atoms with Crippen LogP contribution in [0, 0.1) is 11.7 Å². The minimum absolute atomic E-state index is 0.0996. The number of halogens is 1. The number of nitrogens with zero attached hydrogens (tertiary/aromatic N) is 1. The average molecular weight is 292 g/mol. The Hall–Kier alpha value is -2.37. The molecule has 1 atom stereocenters. The van der Waals surface area contributed by atoms with Gasteiger partial charge in [0.25, 0.3) is 5.56 Å². The van der Waals surface area contributed by atoms with E-state index in [1.54, 1.807) is 0 Å². The highest BCUT2D eigenvalue weighted by molar-refractivity contribution is 5.67. The summed E-state index contributed by atoms with van der Waals surface area (Å²) in [4.78, 5) is 25.9. The van der Waals surface area contributed by atoms with Crippen LogP contribution in [0.3, 0.4) is 0 Å². The van der Waals surface area contributed by atoms with E-state index in [0.29, 0.717) is 0 Å². The predicted octanol–water partition coefficient (Wildman–Crippen LogP) is 2.09. The smallest absolute Gasteiger partial charge is 0.331 e. The SMILES string of the molecule is CCC(C)Cn1c(O)c(-c2cccc(F)c2)c(=O)[nH]c1=O. The first-order valence-electron chi connectivity index (χ1n) is 6.76. The fraction of sp³-hybridized carbons (Fsp3) is 0.333. The molecule has 2 aromatic rings. The second-order valence-corrected chi connectivity index (χ2v) is 5.09. The molecule has 2 N–H and O–H groups in total. The first-order chi connectivity index (χ1) is 9.93. The summed E-state index contributed by atoms with van der Waals surface area (Å²) in [6, 6.07) is 5.32. The molecule has 1 aromatic carbocycles. The molecule has 0 aliphatic heterocycles. The van der Waals surface area contributed by atoms with E-state index in [9.17, 15) is 19.1 Å². The van der Waals surface area contributed by atoms with Crippen LogP contribution in [0.15, 0.2) is 33.9 Å². The van der Waals surface area contributed by atoms with Gasteiger partial charge in [-0.05, 0) is 23.6 Å². The summed E-state index contributed by atoms with van der Waals surface area (Å²) in [6.45, 7) is 4.17. The first kappa shape index (κ1) is 15.0. The first-order valence-corrected chi connectivity index (χ1v) is 6.76. The molecule has 0 aliphatic carbocycles. The Labute approximate surface area is 120 Å². The topological polar surface area (TPSA) is 75.1 Å². The lowest BCUT2D eigenvalue weighted by atomic mass is 10.1. The molecule has 0 bridgehead atoms. The van der Waals surface area contributed by atoms with Gasteiger partial charge >= 0.3 is 5.69 Å². The third-order valence-corrected chi connectivity index (χ3v) is 3.48. The second-order valence-electron chi connectivity index (χ2n) is 5.09. The van der Waals surface area contributed by atoms with E-state index >= 15 is 0 Å². The van der Waals surface area contributed by atoms with Crippen molar-refractivity contribution in [1.82, 2.24) is 9.55 Å². The number of benzene rings is 1. The number of hydrogen-bond acceptors (Lipinski definition) is 3. The van der Waals surface area contributed by atoms with Crippen molar-refractivity contribution < 1.29 is 9.50 Å². The van der Waals surface area contributed by atoms with Gasteiger partial charge in [-0.25, -0.2) is 9.18 Å². The van der Waals surface area contributed by atoms with Gasteiger partial charge in [0.2, 0.25) is 5.88 Å². The van der Waals surface area contributed by atoms with Gasteiger partial charge in [0.1, 0.15) is 11.4 Å². The number of hydrogen-bond donors (Lipinski definition) is 2. The molecular formula is C15H17FN2O3. The zero-order valence-electron chi connectivity index (χ0n) is 11.9. The van der Waals surface area contributed by atoms with E-state index in [1.807, 2.05) is 13.8 Å². The lowest BCUT2D eigenvalue weighted by Gasteiger charge is -2.14. The summed E-state index contributed by atoms with van der Waals surface area (Å²) in [6.07, 6.45) is 0.820. The Kier molecular flexibility index (Phi) is 4.26. The number of aromatic amines is 1. The van der Waals surface area contributed by atoms with Crippen LogP contribution in [0.4, 0.5) is 4.39 Å². The summed E-state index contributed by atoms with van der Waals surface area (Å²) in [5, 5.41) is 10.3. The Morgan fingerprint density at radius 1 is 1.38 bits per heavy atom. The molecule has 21 heavy (non-hydrogen) atoms. The highest BCUT2D eigenvalue weighted by atomic mass is 19.1. The number of H-pyrrole nitrogens is 1. The highest BCUT2D eigenvalue weighted by Crippen LogP contribution is 2.25. The van der Waals surface area contributed by atoms with Gasteiger partial charge in [0.05, 0.1) is 0 Å². The molecule has 6 heteroatoms. The summed E-state index contributed by atoms with van der Waals surface area (Å²) in [5.41, 5.74) is -1.27. The Morgan fingerprint density at radius 3 is 2.71 bits per heavy atom. The van der Waals surface area contributed by atoms with Crippen molar-refractivity contribution in [3.05, 3.63) is 50.9 Å². The molecule has 0 amide bonds. The maximum Gasteiger partial charge on any atom is 0.331 e. The Balaban J connectivity index is 2.65. The monoisotopic (exact) mass is 292 g/mol. The van der Waals surface area contributed by atoms with Crippen LogP contribution < -0.4 is 11.2 Å². The van der Waals surface area contributed by atoms with E-state index in [0.717, 1.165) is 17.1 Å². The van der Waals surface area contributed by atoms with Crippen molar-refractivity contribution >= 4 is 0 Å².